The summed E-state index contributed by atoms with van der Waals surface area (Å²) in [6, 6.07) is 10.2. The van der Waals surface area contributed by atoms with Crippen molar-refractivity contribution in [2.75, 3.05) is 20.1 Å². The van der Waals surface area contributed by atoms with Crippen molar-refractivity contribution in [3.8, 4) is 0 Å². The largest absolute Gasteiger partial charge is 0.307 e. The quantitative estimate of drug-likeness (QED) is 0.890. The number of nitrogens with zero attached hydrogens (tertiary/aromatic N) is 1. The first-order valence-corrected chi connectivity index (χ1v) is 7.60. The summed E-state index contributed by atoms with van der Waals surface area (Å²) in [7, 11) is 2.21. The lowest BCUT2D eigenvalue weighted by Crippen LogP contribution is -2.41. The van der Waals surface area contributed by atoms with Gasteiger partial charge in [-0.3, -0.25) is 0 Å². The summed E-state index contributed by atoms with van der Waals surface area (Å²) < 4.78 is 0. The maximum atomic E-state index is 3.78. The van der Waals surface area contributed by atoms with Crippen LogP contribution in [0.4, 0.5) is 0 Å². The minimum Gasteiger partial charge on any atom is -0.307 e. The maximum Gasteiger partial charge on any atom is 0.0294 e. The molecule has 0 aliphatic carbocycles. The number of hydrogen-bond donors (Lipinski definition) is 1. The molecule has 2 nitrogen and oxygen atoms in total. The Bertz CT molecular complexity index is 375. The lowest BCUT2D eigenvalue weighted by molar-refractivity contribution is 0.226. The fraction of sp³-hybridized carbons (Fsp3) is 0.647. The Hall–Kier alpha value is -0.860. The van der Waals surface area contributed by atoms with Crippen LogP contribution in [0.5, 0.6) is 0 Å². The third-order valence-electron chi connectivity index (χ3n) is 4.31. The van der Waals surface area contributed by atoms with E-state index < -0.39 is 0 Å². The van der Waals surface area contributed by atoms with Crippen molar-refractivity contribution < 1.29 is 0 Å². The van der Waals surface area contributed by atoms with Crippen LogP contribution in [0, 0.1) is 0 Å². The van der Waals surface area contributed by atoms with Gasteiger partial charge in [0.2, 0.25) is 0 Å². The van der Waals surface area contributed by atoms with Gasteiger partial charge in [-0.15, -0.1) is 0 Å². The van der Waals surface area contributed by atoms with Gasteiger partial charge in [0.05, 0.1) is 0 Å². The second-order valence-corrected chi connectivity index (χ2v) is 6.29. The molecule has 2 rings (SSSR count). The number of nitrogens with one attached hydrogen (secondary N) is 1. The molecule has 19 heavy (non-hydrogen) atoms. The van der Waals surface area contributed by atoms with Crippen LogP contribution in [-0.4, -0.2) is 31.1 Å². The summed E-state index contributed by atoms with van der Waals surface area (Å²) in [6.45, 7) is 9.21. The van der Waals surface area contributed by atoms with Gasteiger partial charge in [0.15, 0.2) is 0 Å². The highest BCUT2D eigenvalue weighted by Gasteiger charge is 2.18. The minimum atomic E-state index is 0.453. The van der Waals surface area contributed by atoms with Crippen LogP contribution in [0.1, 0.15) is 56.7 Å². The summed E-state index contributed by atoms with van der Waals surface area (Å²) >= 11 is 0. The van der Waals surface area contributed by atoms with Crippen LogP contribution in [-0.2, 0) is 0 Å². The van der Waals surface area contributed by atoms with E-state index in [-0.39, 0.29) is 0 Å². The zero-order chi connectivity index (χ0) is 13.8. The van der Waals surface area contributed by atoms with E-state index in [1.54, 1.807) is 0 Å². The van der Waals surface area contributed by atoms with Gasteiger partial charge >= 0.3 is 0 Å². The highest BCUT2D eigenvalue weighted by molar-refractivity contribution is 5.26. The Labute approximate surface area is 118 Å². The van der Waals surface area contributed by atoms with Gasteiger partial charge in [0.25, 0.3) is 0 Å². The Morgan fingerprint density at radius 2 is 1.53 bits per heavy atom. The van der Waals surface area contributed by atoms with Crippen LogP contribution >= 0.6 is 0 Å². The molecule has 1 fully saturated rings. The molecule has 1 atom stereocenters. The highest BCUT2D eigenvalue weighted by atomic mass is 15.1. The number of piperidine rings is 1. The molecule has 2 heteroatoms. The fourth-order valence-corrected chi connectivity index (χ4v) is 2.79. The Kier molecular flexibility index (Phi) is 5.00. The van der Waals surface area contributed by atoms with Gasteiger partial charge in [-0.25, -0.2) is 0 Å². The van der Waals surface area contributed by atoms with E-state index in [1.165, 1.54) is 37.1 Å². The lowest BCUT2D eigenvalue weighted by Gasteiger charge is -2.31. The molecule has 1 aromatic rings. The van der Waals surface area contributed by atoms with E-state index in [0.717, 1.165) is 0 Å². The van der Waals surface area contributed by atoms with E-state index in [0.29, 0.717) is 18.0 Å². The average Bonchev–Trinajstić information content (AvgIpc) is 2.41. The van der Waals surface area contributed by atoms with Crippen molar-refractivity contribution in [3.05, 3.63) is 35.4 Å². The first-order valence-electron chi connectivity index (χ1n) is 7.60. The van der Waals surface area contributed by atoms with E-state index in [4.69, 9.17) is 0 Å². The molecule has 1 heterocycles. The average molecular weight is 260 g/mol. The monoisotopic (exact) mass is 260 g/mol. The minimum absolute atomic E-state index is 0.453. The van der Waals surface area contributed by atoms with Crippen molar-refractivity contribution in [3.63, 3.8) is 0 Å². The first-order chi connectivity index (χ1) is 9.06. The van der Waals surface area contributed by atoms with E-state index >= 15 is 0 Å². The topological polar surface area (TPSA) is 15.3 Å². The first kappa shape index (κ1) is 14.5. The van der Waals surface area contributed by atoms with Crippen molar-refractivity contribution >= 4 is 0 Å². The highest BCUT2D eigenvalue weighted by Crippen LogP contribution is 2.20. The SMILES string of the molecule is CC(C)c1ccc(C(C)NC2CCN(C)CC2)cc1. The molecular formula is C17H28N2. The van der Waals surface area contributed by atoms with Crippen LogP contribution < -0.4 is 5.32 Å². The standard InChI is InChI=1S/C17H28N2/c1-13(2)15-5-7-16(8-6-15)14(3)18-17-9-11-19(4)12-10-17/h5-8,13-14,17-18H,9-12H2,1-4H3. The third-order valence-corrected chi connectivity index (χ3v) is 4.31. The molecule has 0 spiro atoms. The summed E-state index contributed by atoms with van der Waals surface area (Å²) in [5, 5.41) is 3.78. The van der Waals surface area contributed by atoms with Gasteiger partial charge in [-0.1, -0.05) is 38.1 Å². The Morgan fingerprint density at radius 3 is 2.05 bits per heavy atom. The van der Waals surface area contributed by atoms with Gasteiger partial charge in [0, 0.05) is 12.1 Å². The summed E-state index contributed by atoms with van der Waals surface area (Å²) in [6.07, 6.45) is 2.54. The molecule has 0 radical (unpaired) electrons. The van der Waals surface area contributed by atoms with Crippen LogP contribution in [0.2, 0.25) is 0 Å². The fourth-order valence-electron chi connectivity index (χ4n) is 2.79. The van der Waals surface area contributed by atoms with Gasteiger partial charge < -0.3 is 10.2 Å². The number of benzene rings is 1. The smallest absolute Gasteiger partial charge is 0.0294 e. The third kappa shape index (κ3) is 4.05. The van der Waals surface area contributed by atoms with E-state index in [1.807, 2.05) is 0 Å². The Balaban J connectivity index is 1.90. The van der Waals surface area contributed by atoms with Gasteiger partial charge in [-0.05, 0) is 56.9 Å². The zero-order valence-corrected chi connectivity index (χ0v) is 12.8. The lowest BCUT2D eigenvalue weighted by atomic mass is 9.98. The predicted molar refractivity (Wildman–Crippen MR) is 82.6 cm³/mol. The molecule has 1 aliphatic heterocycles. The zero-order valence-electron chi connectivity index (χ0n) is 12.8. The van der Waals surface area contributed by atoms with Crippen LogP contribution in [0.15, 0.2) is 24.3 Å². The predicted octanol–water partition coefficient (Wildman–Crippen LogP) is 3.55. The van der Waals surface area contributed by atoms with Crippen molar-refractivity contribution in [2.45, 2.75) is 51.6 Å². The Morgan fingerprint density at radius 1 is 1.00 bits per heavy atom. The summed E-state index contributed by atoms with van der Waals surface area (Å²) in [5.41, 5.74) is 2.83. The van der Waals surface area contributed by atoms with E-state index in [2.05, 4.69) is 62.3 Å². The van der Waals surface area contributed by atoms with Crippen LogP contribution in [0.3, 0.4) is 0 Å². The van der Waals surface area contributed by atoms with Crippen molar-refractivity contribution in [2.24, 2.45) is 0 Å². The normalized spacial score (nSPS) is 19.8. The summed E-state index contributed by atoms with van der Waals surface area (Å²) in [4.78, 5) is 2.42. The van der Waals surface area contributed by atoms with Crippen molar-refractivity contribution in [1.29, 1.82) is 0 Å². The molecule has 1 aliphatic rings. The molecule has 1 aromatic carbocycles. The van der Waals surface area contributed by atoms with Crippen LogP contribution in [0.25, 0.3) is 0 Å². The van der Waals surface area contributed by atoms with Gasteiger partial charge in [0.1, 0.15) is 0 Å². The molecule has 1 unspecified atom stereocenters. The second kappa shape index (κ2) is 6.53. The molecule has 0 amide bonds. The van der Waals surface area contributed by atoms with Crippen molar-refractivity contribution in [1.82, 2.24) is 10.2 Å². The number of likely N-dealkylation sites (tertiary alicyclic amines) is 1. The molecule has 1 N–H and O–H groups in total. The number of rotatable bonds is 4. The van der Waals surface area contributed by atoms with Gasteiger partial charge in [-0.2, -0.15) is 0 Å². The molecule has 0 aromatic heterocycles. The molecule has 0 saturated carbocycles. The molecule has 106 valence electrons. The second-order valence-electron chi connectivity index (χ2n) is 6.29. The van der Waals surface area contributed by atoms with E-state index in [9.17, 15) is 0 Å². The molecule has 0 bridgehead atoms. The maximum absolute atomic E-state index is 3.78. The summed E-state index contributed by atoms with van der Waals surface area (Å²) in [5.74, 6) is 0.617. The number of hydrogen-bond acceptors (Lipinski definition) is 2. The molecule has 1 saturated heterocycles. The molecular weight excluding hydrogens is 232 g/mol.